The molecule has 0 saturated carbocycles. The summed E-state index contributed by atoms with van der Waals surface area (Å²) in [5.41, 5.74) is 4.73. The minimum absolute atomic E-state index is 0.164. The zero-order chi connectivity index (χ0) is 13.8. The van der Waals surface area contributed by atoms with E-state index in [-0.39, 0.29) is 6.04 Å². The van der Waals surface area contributed by atoms with Gasteiger partial charge in [0.2, 0.25) is 0 Å². The molecule has 1 aromatic carbocycles. The van der Waals surface area contributed by atoms with E-state index in [0.717, 1.165) is 29.0 Å². The summed E-state index contributed by atoms with van der Waals surface area (Å²) in [7, 11) is 0. The molecule has 0 saturated heterocycles. The van der Waals surface area contributed by atoms with Gasteiger partial charge in [-0.1, -0.05) is 6.07 Å². The second-order valence-electron chi connectivity index (χ2n) is 4.53. The number of hydrazine groups is 1. The second-order valence-corrected chi connectivity index (χ2v) is 4.53. The van der Waals surface area contributed by atoms with Crippen LogP contribution in [0.15, 0.2) is 36.7 Å². The summed E-state index contributed by atoms with van der Waals surface area (Å²) in [6.45, 7) is 1.34. The summed E-state index contributed by atoms with van der Waals surface area (Å²) in [6.07, 6.45) is 4.22. The maximum Gasteiger partial charge on any atom is 0.161 e. The van der Waals surface area contributed by atoms with Gasteiger partial charge in [0.1, 0.15) is 0 Å². The van der Waals surface area contributed by atoms with Crippen molar-refractivity contribution in [2.45, 2.75) is 12.5 Å². The van der Waals surface area contributed by atoms with Crippen molar-refractivity contribution in [3.05, 3.63) is 47.8 Å². The van der Waals surface area contributed by atoms with E-state index in [1.54, 1.807) is 12.4 Å². The first kappa shape index (κ1) is 12.8. The molecule has 1 unspecified atom stereocenters. The highest BCUT2D eigenvalue weighted by Gasteiger charge is 2.17. The monoisotopic (exact) mass is 272 g/mol. The van der Waals surface area contributed by atoms with E-state index in [1.165, 1.54) is 0 Å². The smallest absolute Gasteiger partial charge is 0.161 e. The quantitative estimate of drug-likeness (QED) is 0.645. The SMILES string of the molecule is NNC(c1ccnnc1)c1ccc2c(c1)OCCCO2. The van der Waals surface area contributed by atoms with Crippen molar-refractivity contribution >= 4 is 0 Å². The molecular formula is C14H16N4O2. The number of ether oxygens (including phenoxy) is 2. The molecule has 1 aliphatic heterocycles. The van der Waals surface area contributed by atoms with Crippen LogP contribution in [0.2, 0.25) is 0 Å². The third-order valence-corrected chi connectivity index (χ3v) is 3.21. The van der Waals surface area contributed by atoms with Gasteiger partial charge in [0.05, 0.1) is 25.5 Å². The van der Waals surface area contributed by atoms with Crippen molar-refractivity contribution < 1.29 is 9.47 Å². The lowest BCUT2D eigenvalue weighted by atomic mass is 10.0. The van der Waals surface area contributed by atoms with E-state index in [0.29, 0.717) is 13.2 Å². The van der Waals surface area contributed by atoms with Crippen LogP contribution in [0.4, 0.5) is 0 Å². The first-order valence-corrected chi connectivity index (χ1v) is 6.51. The van der Waals surface area contributed by atoms with Crippen LogP contribution in [0.3, 0.4) is 0 Å². The molecule has 0 fully saturated rings. The average Bonchev–Trinajstić information content (AvgIpc) is 2.74. The minimum atomic E-state index is -0.164. The largest absolute Gasteiger partial charge is 0.490 e. The number of nitrogens with one attached hydrogen (secondary N) is 1. The summed E-state index contributed by atoms with van der Waals surface area (Å²) >= 11 is 0. The Kier molecular flexibility index (Phi) is 3.76. The van der Waals surface area contributed by atoms with E-state index in [1.807, 2.05) is 24.3 Å². The highest BCUT2D eigenvalue weighted by Crippen LogP contribution is 2.33. The highest BCUT2D eigenvalue weighted by molar-refractivity contribution is 5.45. The molecule has 2 aromatic rings. The van der Waals surface area contributed by atoms with Crippen LogP contribution >= 0.6 is 0 Å². The van der Waals surface area contributed by atoms with Crippen molar-refractivity contribution in [1.29, 1.82) is 0 Å². The standard InChI is InChI=1S/C14H16N4O2/c15-18-14(11-4-5-16-17-9-11)10-2-3-12-13(8-10)20-7-1-6-19-12/h2-5,8-9,14,18H,1,6-7,15H2. The van der Waals surface area contributed by atoms with Gasteiger partial charge in [-0.05, 0) is 29.3 Å². The van der Waals surface area contributed by atoms with Crippen molar-refractivity contribution in [2.75, 3.05) is 13.2 Å². The molecule has 1 aromatic heterocycles. The molecule has 0 amide bonds. The number of hydrogen-bond acceptors (Lipinski definition) is 6. The number of aromatic nitrogens is 2. The van der Waals surface area contributed by atoms with Gasteiger partial charge in [-0.3, -0.25) is 5.84 Å². The van der Waals surface area contributed by atoms with Crippen LogP contribution in [-0.2, 0) is 0 Å². The first-order valence-electron chi connectivity index (χ1n) is 6.51. The fourth-order valence-electron chi connectivity index (χ4n) is 2.22. The van der Waals surface area contributed by atoms with Crippen molar-refractivity contribution in [2.24, 2.45) is 5.84 Å². The molecule has 1 aliphatic rings. The number of rotatable bonds is 3. The Morgan fingerprint density at radius 3 is 2.65 bits per heavy atom. The van der Waals surface area contributed by atoms with Crippen LogP contribution in [0.1, 0.15) is 23.6 Å². The van der Waals surface area contributed by atoms with Gasteiger partial charge in [0, 0.05) is 12.6 Å². The molecule has 0 radical (unpaired) electrons. The summed E-state index contributed by atoms with van der Waals surface area (Å²) in [6, 6.07) is 7.54. The number of hydrogen-bond donors (Lipinski definition) is 2. The van der Waals surface area contributed by atoms with Gasteiger partial charge < -0.3 is 9.47 Å². The molecule has 6 heteroatoms. The lowest BCUT2D eigenvalue weighted by molar-refractivity contribution is 0.297. The van der Waals surface area contributed by atoms with E-state index in [4.69, 9.17) is 15.3 Å². The molecule has 1 atom stereocenters. The Balaban J connectivity index is 1.94. The van der Waals surface area contributed by atoms with Crippen molar-refractivity contribution in [1.82, 2.24) is 15.6 Å². The molecule has 3 N–H and O–H groups in total. The summed E-state index contributed by atoms with van der Waals surface area (Å²) < 4.78 is 11.3. The maximum atomic E-state index is 5.70. The predicted molar refractivity (Wildman–Crippen MR) is 73.2 cm³/mol. The Hall–Kier alpha value is -2.18. The van der Waals surface area contributed by atoms with Gasteiger partial charge in [0.25, 0.3) is 0 Å². The maximum absolute atomic E-state index is 5.70. The van der Waals surface area contributed by atoms with Gasteiger partial charge >= 0.3 is 0 Å². The van der Waals surface area contributed by atoms with Crippen LogP contribution in [0.25, 0.3) is 0 Å². The predicted octanol–water partition coefficient (Wildman–Crippen LogP) is 1.19. The average molecular weight is 272 g/mol. The zero-order valence-electron chi connectivity index (χ0n) is 11.0. The van der Waals surface area contributed by atoms with Gasteiger partial charge in [-0.2, -0.15) is 10.2 Å². The molecule has 2 heterocycles. The topological polar surface area (TPSA) is 82.3 Å². The van der Waals surface area contributed by atoms with E-state index < -0.39 is 0 Å². The Labute approximate surface area is 116 Å². The normalized spacial score (nSPS) is 15.4. The molecule has 0 bridgehead atoms. The van der Waals surface area contributed by atoms with E-state index in [2.05, 4.69) is 15.6 Å². The number of fused-ring (bicyclic) bond motifs is 1. The van der Waals surface area contributed by atoms with Crippen LogP contribution in [0.5, 0.6) is 11.5 Å². The number of nitrogens with two attached hydrogens (primary N) is 1. The lowest BCUT2D eigenvalue weighted by Gasteiger charge is -2.18. The van der Waals surface area contributed by atoms with Crippen LogP contribution < -0.4 is 20.7 Å². The molecule has 0 spiro atoms. The Morgan fingerprint density at radius 2 is 1.90 bits per heavy atom. The zero-order valence-corrected chi connectivity index (χ0v) is 11.0. The van der Waals surface area contributed by atoms with E-state index in [9.17, 15) is 0 Å². The fourth-order valence-corrected chi connectivity index (χ4v) is 2.22. The molecule has 0 aliphatic carbocycles. The fraction of sp³-hybridized carbons (Fsp3) is 0.286. The highest BCUT2D eigenvalue weighted by atomic mass is 16.5. The third-order valence-electron chi connectivity index (χ3n) is 3.21. The minimum Gasteiger partial charge on any atom is -0.490 e. The van der Waals surface area contributed by atoms with E-state index >= 15 is 0 Å². The Morgan fingerprint density at radius 1 is 1.05 bits per heavy atom. The first-order chi connectivity index (χ1) is 9.88. The van der Waals surface area contributed by atoms with Crippen LogP contribution in [0, 0.1) is 0 Å². The van der Waals surface area contributed by atoms with Gasteiger partial charge in [-0.15, -0.1) is 0 Å². The summed E-state index contributed by atoms with van der Waals surface area (Å²) in [5.74, 6) is 7.20. The number of benzene rings is 1. The van der Waals surface area contributed by atoms with Crippen molar-refractivity contribution in [3.63, 3.8) is 0 Å². The molecule has 20 heavy (non-hydrogen) atoms. The Bertz CT molecular complexity index is 577. The second kappa shape index (κ2) is 5.85. The lowest BCUT2D eigenvalue weighted by Crippen LogP contribution is -2.29. The summed E-state index contributed by atoms with van der Waals surface area (Å²) in [4.78, 5) is 0. The molecular weight excluding hydrogens is 256 g/mol. The molecule has 104 valence electrons. The molecule has 6 nitrogen and oxygen atoms in total. The van der Waals surface area contributed by atoms with Crippen LogP contribution in [-0.4, -0.2) is 23.4 Å². The third kappa shape index (κ3) is 2.56. The number of nitrogens with zero attached hydrogens (tertiary/aromatic N) is 2. The van der Waals surface area contributed by atoms with Gasteiger partial charge in [-0.25, -0.2) is 5.43 Å². The molecule has 3 rings (SSSR count). The summed E-state index contributed by atoms with van der Waals surface area (Å²) in [5, 5.41) is 7.66. The van der Waals surface area contributed by atoms with Gasteiger partial charge in [0.15, 0.2) is 11.5 Å². The van der Waals surface area contributed by atoms with Crippen molar-refractivity contribution in [3.8, 4) is 11.5 Å².